The molecule has 0 saturated carbocycles. The number of benzene rings is 1. The van der Waals surface area contributed by atoms with Crippen molar-refractivity contribution in [2.75, 3.05) is 14.2 Å². The SMILES string of the molecule is COC(=O)C1CC2(O)C=CC(=O)CC2N1C(=O)c1cc(O[Si](C(C)C)(C(C)C)C(C)C)c(OC)cc1I. The molecule has 1 aromatic carbocycles. The number of hydrogen-bond acceptors (Lipinski definition) is 7. The number of amides is 1. The molecule has 10 heteroatoms. The van der Waals surface area contributed by atoms with Crippen molar-refractivity contribution in [1.82, 2.24) is 4.90 Å². The first-order chi connectivity index (χ1) is 17.2. The van der Waals surface area contributed by atoms with E-state index in [-0.39, 0.29) is 18.6 Å². The number of carbonyl (C=O) groups excluding carboxylic acids is 3. The van der Waals surface area contributed by atoms with Crippen molar-refractivity contribution < 1.29 is 33.4 Å². The van der Waals surface area contributed by atoms with Crippen molar-refractivity contribution in [3.05, 3.63) is 33.4 Å². The highest BCUT2D eigenvalue weighted by atomic mass is 127. The van der Waals surface area contributed by atoms with Crippen molar-refractivity contribution in [2.45, 2.75) is 88.7 Å². The number of rotatable bonds is 8. The number of ether oxygens (including phenoxy) is 2. The van der Waals surface area contributed by atoms with Crippen LogP contribution in [0.3, 0.4) is 0 Å². The number of carbonyl (C=O) groups is 3. The third-order valence-electron chi connectivity index (χ3n) is 7.91. The van der Waals surface area contributed by atoms with Gasteiger partial charge in [0.05, 0.1) is 25.8 Å². The van der Waals surface area contributed by atoms with Crippen LogP contribution in [-0.4, -0.2) is 67.9 Å². The van der Waals surface area contributed by atoms with Crippen LogP contribution in [-0.2, 0) is 14.3 Å². The second-order valence-electron chi connectivity index (χ2n) is 10.9. The van der Waals surface area contributed by atoms with E-state index in [2.05, 4.69) is 64.1 Å². The van der Waals surface area contributed by atoms with E-state index < -0.39 is 37.9 Å². The van der Waals surface area contributed by atoms with E-state index in [0.717, 1.165) is 0 Å². The number of fused-ring (bicyclic) bond motifs is 1. The molecule has 1 N–H and O–H groups in total. The van der Waals surface area contributed by atoms with E-state index in [9.17, 15) is 19.5 Å². The normalized spacial score (nSPS) is 23.6. The highest BCUT2D eigenvalue weighted by Crippen LogP contribution is 2.46. The Morgan fingerprint density at radius 3 is 2.19 bits per heavy atom. The molecule has 8 nitrogen and oxygen atoms in total. The zero-order valence-corrected chi connectivity index (χ0v) is 26.0. The summed E-state index contributed by atoms with van der Waals surface area (Å²) in [6.07, 6.45) is 2.59. The smallest absolute Gasteiger partial charge is 0.328 e. The molecule has 1 saturated heterocycles. The Bertz CT molecular complexity index is 1080. The molecule has 0 aromatic heterocycles. The van der Waals surface area contributed by atoms with Gasteiger partial charge in [0.1, 0.15) is 17.4 Å². The lowest BCUT2D eigenvalue weighted by molar-refractivity contribution is -0.145. The van der Waals surface area contributed by atoms with Gasteiger partial charge in [-0.3, -0.25) is 9.59 Å². The van der Waals surface area contributed by atoms with Gasteiger partial charge in [-0.15, -0.1) is 0 Å². The van der Waals surface area contributed by atoms with Crippen LogP contribution < -0.4 is 9.16 Å². The maximum Gasteiger partial charge on any atom is 0.328 e. The molecule has 2 aliphatic rings. The van der Waals surface area contributed by atoms with Crippen LogP contribution in [0.4, 0.5) is 0 Å². The summed E-state index contributed by atoms with van der Waals surface area (Å²) in [4.78, 5) is 40.4. The molecule has 0 spiro atoms. The predicted octanol–water partition coefficient (Wildman–Crippen LogP) is 4.87. The van der Waals surface area contributed by atoms with Gasteiger partial charge in [0.25, 0.3) is 14.2 Å². The average molecular weight is 644 g/mol. The van der Waals surface area contributed by atoms with Crippen LogP contribution in [0.15, 0.2) is 24.3 Å². The molecule has 204 valence electrons. The lowest BCUT2D eigenvalue weighted by Gasteiger charge is -2.42. The summed E-state index contributed by atoms with van der Waals surface area (Å²) >= 11 is 2.06. The Kier molecular flexibility index (Phi) is 8.85. The Morgan fingerprint density at radius 1 is 1.08 bits per heavy atom. The van der Waals surface area contributed by atoms with Gasteiger partial charge in [-0.25, -0.2) is 4.79 Å². The molecule has 0 bridgehead atoms. The van der Waals surface area contributed by atoms with Crippen LogP contribution in [0, 0.1) is 3.57 Å². The lowest BCUT2D eigenvalue weighted by Crippen LogP contribution is -2.51. The Hall–Kier alpha value is -1.92. The molecule has 1 fully saturated rings. The summed E-state index contributed by atoms with van der Waals surface area (Å²) < 4.78 is 18.1. The molecule has 1 aliphatic carbocycles. The van der Waals surface area contributed by atoms with Gasteiger partial charge in [-0.1, -0.05) is 41.5 Å². The Balaban J connectivity index is 2.14. The summed E-state index contributed by atoms with van der Waals surface area (Å²) in [7, 11) is 0.427. The summed E-state index contributed by atoms with van der Waals surface area (Å²) in [5.74, 6) is -0.311. The minimum absolute atomic E-state index is 0.0416. The number of methoxy groups -OCH3 is 2. The highest BCUT2D eigenvalue weighted by molar-refractivity contribution is 14.1. The maximum atomic E-state index is 14.1. The van der Waals surface area contributed by atoms with Gasteiger partial charge in [0, 0.05) is 16.4 Å². The number of esters is 1. The monoisotopic (exact) mass is 643 g/mol. The van der Waals surface area contributed by atoms with Crippen molar-refractivity contribution >= 4 is 48.6 Å². The number of likely N-dealkylation sites (tertiary alicyclic amines) is 1. The van der Waals surface area contributed by atoms with Crippen LogP contribution in [0.2, 0.25) is 16.6 Å². The van der Waals surface area contributed by atoms with Crippen LogP contribution in [0.5, 0.6) is 11.5 Å². The molecule has 0 radical (unpaired) electrons. The van der Waals surface area contributed by atoms with Gasteiger partial charge < -0.3 is 23.9 Å². The van der Waals surface area contributed by atoms with Crippen molar-refractivity contribution in [2.24, 2.45) is 0 Å². The molecule has 3 rings (SSSR count). The first-order valence-electron chi connectivity index (χ1n) is 12.6. The molecular weight excluding hydrogens is 605 g/mol. The van der Waals surface area contributed by atoms with E-state index in [1.54, 1.807) is 19.2 Å². The zero-order valence-electron chi connectivity index (χ0n) is 22.8. The van der Waals surface area contributed by atoms with Crippen molar-refractivity contribution in [3.8, 4) is 11.5 Å². The molecule has 3 atom stereocenters. The summed E-state index contributed by atoms with van der Waals surface area (Å²) in [6, 6.07) is 1.54. The number of ketones is 1. The quantitative estimate of drug-likeness (QED) is 0.245. The van der Waals surface area contributed by atoms with E-state index in [4.69, 9.17) is 13.9 Å². The fourth-order valence-electron chi connectivity index (χ4n) is 6.19. The fraction of sp³-hybridized carbons (Fsp3) is 0.593. The Morgan fingerprint density at radius 2 is 1.68 bits per heavy atom. The van der Waals surface area contributed by atoms with Crippen molar-refractivity contribution in [1.29, 1.82) is 0 Å². The zero-order chi connectivity index (χ0) is 27.9. The number of nitrogens with zero attached hydrogens (tertiary/aromatic N) is 1. The van der Waals surface area contributed by atoms with E-state index in [1.807, 2.05) is 0 Å². The second-order valence-corrected chi connectivity index (χ2v) is 17.4. The van der Waals surface area contributed by atoms with Crippen LogP contribution in [0.25, 0.3) is 0 Å². The summed E-state index contributed by atoms with van der Waals surface area (Å²) in [6.45, 7) is 13.1. The van der Waals surface area contributed by atoms with E-state index in [1.165, 1.54) is 24.2 Å². The molecule has 3 unspecified atom stereocenters. The van der Waals surface area contributed by atoms with Crippen LogP contribution in [0.1, 0.15) is 64.7 Å². The maximum absolute atomic E-state index is 14.1. The largest absolute Gasteiger partial charge is 0.540 e. The Labute approximate surface area is 234 Å². The molecule has 1 aliphatic heterocycles. The second kappa shape index (κ2) is 11.1. The first-order valence-corrected chi connectivity index (χ1v) is 15.9. The van der Waals surface area contributed by atoms with Gasteiger partial charge in [-0.2, -0.15) is 0 Å². The molecular formula is C27H38INO7Si. The van der Waals surface area contributed by atoms with Gasteiger partial charge in [0.2, 0.25) is 0 Å². The lowest BCUT2D eigenvalue weighted by atomic mass is 9.85. The van der Waals surface area contributed by atoms with Gasteiger partial charge >= 0.3 is 5.97 Å². The van der Waals surface area contributed by atoms with Gasteiger partial charge in [0.15, 0.2) is 11.5 Å². The third kappa shape index (κ3) is 5.20. The third-order valence-corrected chi connectivity index (χ3v) is 14.8. The minimum Gasteiger partial charge on any atom is -0.540 e. The topological polar surface area (TPSA) is 102 Å². The van der Waals surface area contributed by atoms with Gasteiger partial charge in [-0.05, 0) is 63.5 Å². The summed E-state index contributed by atoms with van der Waals surface area (Å²) in [5.41, 5.74) is -0.279. The standard InChI is InChI=1S/C27H38INO7Si/c1-15(2)37(16(3)4,17(5)6)36-23-12-19(20(28)13-22(23)34-7)25(31)29-21(26(32)35-8)14-27(33)10-9-18(30)11-24(27)29/h9-10,12-13,15-17,21,24,33H,11,14H2,1-8H3. The minimum atomic E-state index is -2.38. The average Bonchev–Trinajstić information content (AvgIpc) is 3.13. The summed E-state index contributed by atoms with van der Waals surface area (Å²) in [5, 5.41) is 11.3. The number of aliphatic hydroxyl groups is 1. The molecule has 1 heterocycles. The van der Waals surface area contributed by atoms with Crippen molar-refractivity contribution in [3.63, 3.8) is 0 Å². The number of halogens is 1. The molecule has 1 amide bonds. The van der Waals surface area contributed by atoms with E-state index >= 15 is 0 Å². The molecule has 37 heavy (non-hydrogen) atoms. The molecule has 1 aromatic rings. The highest BCUT2D eigenvalue weighted by Gasteiger charge is 2.56. The predicted molar refractivity (Wildman–Crippen MR) is 151 cm³/mol. The number of allylic oxidation sites excluding steroid dienone is 1. The van der Waals surface area contributed by atoms with Crippen LogP contribution >= 0.6 is 22.6 Å². The van der Waals surface area contributed by atoms with E-state index in [0.29, 0.717) is 37.3 Å². The fourth-order valence-corrected chi connectivity index (χ4v) is 12.1. The first kappa shape index (κ1) is 29.6. The number of hydrogen-bond donors (Lipinski definition) is 1.